The van der Waals surface area contributed by atoms with Gasteiger partial charge < -0.3 is 18.3 Å². The minimum absolute atomic E-state index is 0.593. The molecule has 0 N–H and O–H groups in total. The van der Waals surface area contributed by atoms with Crippen molar-refractivity contribution < 1.29 is 9.13 Å². The molecular weight excluding hydrogens is 344 g/mol. The van der Waals surface area contributed by atoms with E-state index in [1.165, 1.54) is 22.1 Å². The molecule has 154 valence electrons. The van der Waals surface area contributed by atoms with Crippen molar-refractivity contribution >= 4 is 22.1 Å². The second-order valence-corrected chi connectivity index (χ2v) is 10.0. The smallest absolute Gasteiger partial charge is 0.204 e. The van der Waals surface area contributed by atoms with Crippen molar-refractivity contribution in [3.8, 4) is 0 Å². The van der Waals surface area contributed by atoms with Crippen LogP contribution in [0.2, 0.25) is 0 Å². The van der Waals surface area contributed by atoms with Crippen molar-refractivity contribution in [3.05, 3.63) is 24.8 Å². The molecule has 0 spiro atoms. The van der Waals surface area contributed by atoms with Crippen molar-refractivity contribution in [1.82, 2.24) is 9.13 Å². The van der Waals surface area contributed by atoms with Crippen LogP contribution in [-0.2, 0) is 26.2 Å². The van der Waals surface area contributed by atoms with E-state index in [1.807, 2.05) is 0 Å². The first-order chi connectivity index (χ1) is 13.2. The summed E-state index contributed by atoms with van der Waals surface area (Å²) < 4.78 is 9.28. The number of benzene rings is 1. The summed E-state index contributed by atoms with van der Waals surface area (Å²) in [6.07, 6.45) is 7.28. The molecule has 0 aliphatic rings. The summed E-state index contributed by atoms with van der Waals surface area (Å²) in [5.41, 5.74) is 5.15. The number of imidazole rings is 2. The Morgan fingerprint density at radius 1 is 0.643 bits per heavy atom. The van der Waals surface area contributed by atoms with Crippen LogP contribution in [0, 0.1) is 36.3 Å². The summed E-state index contributed by atoms with van der Waals surface area (Å²) in [5, 5.41) is 0. The first-order valence-corrected chi connectivity index (χ1v) is 11.0. The first kappa shape index (κ1) is 20.9. The third-order valence-corrected chi connectivity index (χ3v) is 4.91. The molecule has 2 aromatic heterocycles. The Morgan fingerprint density at radius 3 is 1.29 bits per heavy atom. The van der Waals surface area contributed by atoms with Crippen LogP contribution >= 0.6 is 0 Å². The van der Waals surface area contributed by atoms with Gasteiger partial charge in [0.15, 0.2) is 0 Å². The topological polar surface area (TPSA) is 17.6 Å². The highest BCUT2D eigenvalue weighted by molar-refractivity contribution is 5.88. The summed E-state index contributed by atoms with van der Waals surface area (Å²) in [6, 6.07) is 4.74. The van der Waals surface area contributed by atoms with Crippen molar-refractivity contribution in [2.75, 3.05) is 0 Å². The van der Waals surface area contributed by atoms with Gasteiger partial charge in [0.25, 0.3) is 0 Å². The lowest BCUT2D eigenvalue weighted by Crippen LogP contribution is -2.36. The normalized spacial score (nSPS) is 12.7. The zero-order valence-corrected chi connectivity index (χ0v) is 19.1. The Bertz CT molecular complexity index is 794. The molecule has 0 atom stereocenters. The number of hydrogen-bond acceptors (Lipinski definition) is 0. The minimum Gasteiger partial charge on any atom is -0.345 e. The maximum Gasteiger partial charge on any atom is 0.204 e. The van der Waals surface area contributed by atoms with Crippen molar-refractivity contribution in [2.45, 2.75) is 81.6 Å². The monoisotopic (exact) mass is 382 g/mol. The summed E-state index contributed by atoms with van der Waals surface area (Å²) in [7, 11) is 0. The van der Waals surface area contributed by atoms with Gasteiger partial charge in [-0.15, -0.1) is 0 Å². The molecule has 0 bridgehead atoms. The molecule has 3 rings (SSSR count). The Morgan fingerprint density at radius 2 is 1.00 bits per heavy atom. The van der Waals surface area contributed by atoms with Gasteiger partial charge >= 0.3 is 0 Å². The van der Waals surface area contributed by atoms with E-state index in [0.29, 0.717) is 23.7 Å². The predicted molar refractivity (Wildman–Crippen MR) is 115 cm³/mol. The zero-order valence-electron chi connectivity index (χ0n) is 19.1. The average molecular weight is 383 g/mol. The number of rotatable bonds is 8. The molecular formula is C24H38N4. The lowest BCUT2D eigenvalue weighted by Gasteiger charge is -2.12. The summed E-state index contributed by atoms with van der Waals surface area (Å²) >= 11 is 0. The van der Waals surface area contributed by atoms with Crippen LogP contribution in [0.3, 0.4) is 0 Å². The molecule has 0 aliphatic carbocycles. The highest BCUT2D eigenvalue weighted by atomic mass is 15.2. The second kappa shape index (κ2) is 8.26. The molecule has 0 fully saturated rings. The van der Waals surface area contributed by atoms with Gasteiger partial charge in [0.2, 0.25) is 12.7 Å². The number of hydrogen-bond donors (Lipinski definition) is 0. The Kier molecular flexibility index (Phi) is 6.16. The fraction of sp³-hybridized carbons (Fsp3) is 0.667. The third-order valence-electron chi connectivity index (χ3n) is 4.91. The minimum atomic E-state index is 0.593. The Balaban J connectivity index is 2.26. The van der Waals surface area contributed by atoms with E-state index in [9.17, 15) is 0 Å². The molecule has 0 radical (unpaired) electrons. The van der Waals surface area contributed by atoms with E-state index < -0.39 is 0 Å². The molecule has 4 heteroatoms. The molecule has 0 unspecified atom stereocenters. The lowest BCUT2D eigenvalue weighted by atomic mass is 10.2. The van der Waals surface area contributed by atoms with Crippen LogP contribution in [0.4, 0.5) is 0 Å². The summed E-state index contributed by atoms with van der Waals surface area (Å²) in [5.74, 6) is 2.37. The summed E-state index contributed by atoms with van der Waals surface area (Å²) in [6.45, 7) is 22.2. The fourth-order valence-electron chi connectivity index (χ4n) is 3.94. The first-order valence-electron chi connectivity index (χ1n) is 11.0. The van der Waals surface area contributed by atoms with Crippen LogP contribution in [0.25, 0.3) is 22.1 Å². The summed E-state index contributed by atoms with van der Waals surface area (Å²) in [4.78, 5) is 0. The van der Waals surface area contributed by atoms with Gasteiger partial charge in [0, 0.05) is 22.1 Å². The molecule has 0 saturated carbocycles. The maximum atomic E-state index is 3.64. The SMILES string of the molecule is CC(C)Cn1[c-][n+](CC(C)C)c2cc3c(cc21)[n+](CC(C)C)[c-]n3CC(C)C. The van der Waals surface area contributed by atoms with Gasteiger partial charge in [-0.05, 0) is 23.7 Å². The van der Waals surface area contributed by atoms with Gasteiger partial charge in [-0.3, -0.25) is 0 Å². The molecule has 1 aromatic carbocycles. The molecule has 28 heavy (non-hydrogen) atoms. The van der Waals surface area contributed by atoms with Crippen molar-refractivity contribution in [3.63, 3.8) is 0 Å². The Labute approximate surface area is 170 Å². The Hall–Kier alpha value is -1.84. The molecule has 2 heterocycles. The van der Waals surface area contributed by atoms with Crippen molar-refractivity contribution in [1.29, 1.82) is 0 Å². The van der Waals surface area contributed by atoms with Crippen LogP contribution in [0.15, 0.2) is 12.1 Å². The van der Waals surface area contributed by atoms with E-state index in [4.69, 9.17) is 0 Å². The van der Waals surface area contributed by atoms with E-state index in [-0.39, 0.29) is 0 Å². The standard InChI is InChI=1S/C24H38N4/c1-17(2)11-25-15-26(12-18(3)4)22-10-24-23(9-21(22)25)27(13-19(5)6)16-28(24)14-20(7)8/h9-10,17-20H,11-14H2,1-8H3. The van der Waals surface area contributed by atoms with Crippen LogP contribution in [0.5, 0.6) is 0 Å². The zero-order chi connectivity index (χ0) is 20.6. The van der Waals surface area contributed by atoms with E-state index in [1.54, 1.807) is 0 Å². The molecule has 0 aliphatic heterocycles. The lowest BCUT2D eigenvalue weighted by molar-refractivity contribution is -0.682. The maximum absolute atomic E-state index is 3.64. The van der Waals surface area contributed by atoms with Gasteiger partial charge in [0.05, 0.1) is 26.2 Å². The number of aromatic nitrogens is 4. The molecule has 0 saturated heterocycles. The number of nitrogens with zero attached hydrogens (tertiary/aromatic N) is 4. The third kappa shape index (κ3) is 4.42. The molecule has 0 amide bonds. The van der Waals surface area contributed by atoms with E-state index in [0.717, 1.165) is 26.2 Å². The largest absolute Gasteiger partial charge is 0.345 e. The van der Waals surface area contributed by atoms with Gasteiger partial charge in [-0.2, -0.15) is 0 Å². The fourth-order valence-corrected chi connectivity index (χ4v) is 3.94. The average Bonchev–Trinajstić information content (AvgIpc) is 3.03. The second-order valence-electron chi connectivity index (χ2n) is 10.0. The van der Waals surface area contributed by atoms with Crippen LogP contribution < -0.4 is 9.13 Å². The van der Waals surface area contributed by atoms with Crippen LogP contribution in [0.1, 0.15) is 55.4 Å². The van der Waals surface area contributed by atoms with Gasteiger partial charge in [-0.1, -0.05) is 67.5 Å². The van der Waals surface area contributed by atoms with Crippen LogP contribution in [-0.4, -0.2) is 9.13 Å². The highest BCUT2D eigenvalue weighted by Gasteiger charge is 2.14. The quantitative estimate of drug-likeness (QED) is 0.406. The van der Waals surface area contributed by atoms with E-state index in [2.05, 4.69) is 98.4 Å². The van der Waals surface area contributed by atoms with E-state index >= 15 is 0 Å². The van der Waals surface area contributed by atoms with Gasteiger partial charge in [0.1, 0.15) is 0 Å². The predicted octanol–water partition coefficient (Wildman–Crippen LogP) is 4.40. The molecule has 4 nitrogen and oxygen atoms in total. The van der Waals surface area contributed by atoms with Gasteiger partial charge in [-0.25, -0.2) is 0 Å². The van der Waals surface area contributed by atoms with Crippen molar-refractivity contribution in [2.24, 2.45) is 23.7 Å². The number of fused-ring (bicyclic) bond motifs is 2. The molecule has 3 aromatic rings. The highest BCUT2D eigenvalue weighted by Crippen LogP contribution is 2.22.